The van der Waals surface area contributed by atoms with Gasteiger partial charge in [0.05, 0.1) is 38.0 Å². The fourth-order valence-corrected chi connectivity index (χ4v) is 4.93. The number of morpholine rings is 1. The Kier molecular flexibility index (Phi) is 10.4. The zero-order valence-corrected chi connectivity index (χ0v) is 23.1. The number of aliphatic hydroxyl groups excluding tert-OH is 1. The van der Waals surface area contributed by atoms with Crippen LogP contribution in [0.15, 0.2) is 54.1 Å². The summed E-state index contributed by atoms with van der Waals surface area (Å²) in [6.45, 7) is 9.20. The quantitative estimate of drug-likeness (QED) is 0.170. The highest BCUT2D eigenvalue weighted by Crippen LogP contribution is 2.40. The van der Waals surface area contributed by atoms with E-state index in [1.54, 1.807) is 23.1 Å². The van der Waals surface area contributed by atoms with Crippen molar-refractivity contribution < 1.29 is 28.9 Å². The Labute approximate surface area is 231 Å². The molecule has 2 aliphatic rings. The summed E-state index contributed by atoms with van der Waals surface area (Å²) in [4.78, 5) is 30.5. The second-order valence-electron chi connectivity index (χ2n) is 9.95. The highest BCUT2D eigenvalue weighted by molar-refractivity contribution is 6.46. The molecular formula is C31H40N2O6. The van der Waals surface area contributed by atoms with Crippen molar-refractivity contribution in [2.24, 2.45) is 0 Å². The van der Waals surface area contributed by atoms with E-state index in [0.717, 1.165) is 50.1 Å². The number of amides is 1. The molecule has 210 valence electrons. The van der Waals surface area contributed by atoms with Gasteiger partial charge < -0.3 is 24.2 Å². The van der Waals surface area contributed by atoms with E-state index in [2.05, 4.69) is 11.8 Å². The highest BCUT2D eigenvalue weighted by Gasteiger charge is 2.46. The molecule has 0 aliphatic carbocycles. The van der Waals surface area contributed by atoms with Crippen LogP contribution in [0.4, 0.5) is 0 Å². The number of Topliss-reactive ketones (excluding diaryl/α,β-unsaturated/α-hetero) is 1. The van der Waals surface area contributed by atoms with Gasteiger partial charge in [-0.05, 0) is 42.7 Å². The molecule has 1 unspecified atom stereocenters. The van der Waals surface area contributed by atoms with E-state index in [0.29, 0.717) is 50.8 Å². The zero-order chi connectivity index (χ0) is 27.6. The molecule has 39 heavy (non-hydrogen) atoms. The maximum absolute atomic E-state index is 13.4. The average molecular weight is 537 g/mol. The monoisotopic (exact) mass is 536 g/mol. The molecule has 1 atom stereocenters. The van der Waals surface area contributed by atoms with Crippen molar-refractivity contribution in [3.63, 3.8) is 0 Å². The first kappa shape index (κ1) is 28.6. The zero-order valence-electron chi connectivity index (χ0n) is 23.1. The lowest BCUT2D eigenvalue weighted by molar-refractivity contribution is -0.140. The highest BCUT2D eigenvalue weighted by atomic mass is 16.5. The largest absolute Gasteiger partial charge is 0.507 e. The molecule has 0 aromatic heterocycles. The fraction of sp³-hybridized carbons (Fsp3) is 0.484. The number of unbranched alkanes of at least 4 members (excludes halogenated alkanes) is 2. The molecule has 2 aromatic carbocycles. The van der Waals surface area contributed by atoms with Crippen molar-refractivity contribution in [2.45, 2.75) is 45.6 Å². The molecule has 2 fully saturated rings. The lowest BCUT2D eigenvalue weighted by atomic mass is 9.95. The van der Waals surface area contributed by atoms with Gasteiger partial charge in [-0.15, -0.1) is 0 Å². The number of ketones is 1. The number of carbonyl (C=O) groups is 2. The standard InChI is InChI=1S/C31H40N2O6/c1-3-5-6-19-39-25-12-10-23(11-13-25)28-27(29(34)24-8-7-9-26(22-24)38-18-4-2)30(35)31(36)33(28)15-14-32-16-20-37-21-17-32/h7-13,22,28,34H,3-6,14-21H2,1-2H3. The van der Waals surface area contributed by atoms with Crippen molar-refractivity contribution in [3.05, 3.63) is 65.2 Å². The minimum Gasteiger partial charge on any atom is -0.507 e. The van der Waals surface area contributed by atoms with Gasteiger partial charge in [0.2, 0.25) is 0 Å². The van der Waals surface area contributed by atoms with Gasteiger partial charge in [-0.3, -0.25) is 14.5 Å². The molecule has 2 saturated heterocycles. The Morgan fingerprint density at radius 3 is 2.38 bits per heavy atom. The predicted octanol–water partition coefficient (Wildman–Crippen LogP) is 4.80. The smallest absolute Gasteiger partial charge is 0.295 e. The molecule has 0 bridgehead atoms. The van der Waals surface area contributed by atoms with Crippen LogP contribution in [0.3, 0.4) is 0 Å². The first-order chi connectivity index (χ1) is 19.0. The summed E-state index contributed by atoms with van der Waals surface area (Å²) in [5.74, 6) is -0.147. The van der Waals surface area contributed by atoms with Crippen LogP contribution in [-0.2, 0) is 14.3 Å². The van der Waals surface area contributed by atoms with Gasteiger partial charge in [-0.25, -0.2) is 0 Å². The summed E-state index contributed by atoms with van der Waals surface area (Å²) in [5.41, 5.74) is 1.28. The minimum absolute atomic E-state index is 0.0891. The third-order valence-corrected chi connectivity index (χ3v) is 7.09. The van der Waals surface area contributed by atoms with E-state index < -0.39 is 17.7 Å². The Morgan fingerprint density at radius 2 is 1.67 bits per heavy atom. The van der Waals surface area contributed by atoms with Gasteiger partial charge in [-0.1, -0.05) is 51.0 Å². The van der Waals surface area contributed by atoms with Crippen LogP contribution < -0.4 is 9.47 Å². The molecule has 1 N–H and O–H groups in total. The van der Waals surface area contributed by atoms with E-state index in [4.69, 9.17) is 14.2 Å². The molecular weight excluding hydrogens is 496 g/mol. The van der Waals surface area contributed by atoms with Crippen LogP contribution in [0.1, 0.15) is 56.7 Å². The Bertz CT molecular complexity index is 1140. The van der Waals surface area contributed by atoms with E-state index in [-0.39, 0.29) is 11.3 Å². The number of hydrogen-bond donors (Lipinski definition) is 1. The van der Waals surface area contributed by atoms with Crippen molar-refractivity contribution in [1.29, 1.82) is 0 Å². The maximum atomic E-state index is 13.4. The average Bonchev–Trinajstić information content (AvgIpc) is 3.23. The Morgan fingerprint density at radius 1 is 0.923 bits per heavy atom. The summed E-state index contributed by atoms with van der Waals surface area (Å²) in [6, 6.07) is 13.8. The number of aliphatic hydroxyl groups is 1. The first-order valence-electron chi connectivity index (χ1n) is 14.1. The number of nitrogens with zero attached hydrogens (tertiary/aromatic N) is 2. The molecule has 2 aliphatic heterocycles. The van der Waals surface area contributed by atoms with Crippen LogP contribution in [0.2, 0.25) is 0 Å². The van der Waals surface area contributed by atoms with E-state index >= 15 is 0 Å². The maximum Gasteiger partial charge on any atom is 0.295 e. The van der Waals surface area contributed by atoms with Gasteiger partial charge >= 0.3 is 0 Å². The van der Waals surface area contributed by atoms with Crippen molar-refractivity contribution >= 4 is 17.4 Å². The molecule has 0 saturated carbocycles. The SMILES string of the molecule is CCCCCOc1ccc(C2C(=C(O)c3cccc(OCCC)c3)C(=O)C(=O)N2CCN2CCOCC2)cc1. The van der Waals surface area contributed by atoms with Crippen LogP contribution in [0.5, 0.6) is 11.5 Å². The predicted molar refractivity (Wildman–Crippen MR) is 150 cm³/mol. The van der Waals surface area contributed by atoms with Gasteiger partial charge in [0.15, 0.2) is 0 Å². The molecule has 1 amide bonds. The molecule has 8 heteroatoms. The van der Waals surface area contributed by atoms with Crippen molar-refractivity contribution in [3.8, 4) is 11.5 Å². The Hall–Kier alpha value is -3.36. The van der Waals surface area contributed by atoms with E-state index in [1.165, 1.54) is 0 Å². The number of hydrogen-bond acceptors (Lipinski definition) is 7. The van der Waals surface area contributed by atoms with Crippen LogP contribution in [0, 0.1) is 0 Å². The van der Waals surface area contributed by atoms with Gasteiger partial charge in [-0.2, -0.15) is 0 Å². The van der Waals surface area contributed by atoms with Gasteiger partial charge in [0.25, 0.3) is 11.7 Å². The fourth-order valence-electron chi connectivity index (χ4n) is 4.93. The number of rotatable bonds is 13. The summed E-state index contributed by atoms with van der Waals surface area (Å²) in [6.07, 6.45) is 4.07. The summed E-state index contributed by atoms with van der Waals surface area (Å²) in [5, 5.41) is 11.4. The number of ether oxygens (including phenoxy) is 3. The van der Waals surface area contributed by atoms with Gasteiger partial charge in [0, 0.05) is 31.7 Å². The number of benzene rings is 2. The second-order valence-corrected chi connectivity index (χ2v) is 9.95. The second kappa shape index (κ2) is 14.1. The molecule has 4 rings (SSSR count). The minimum atomic E-state index is -0.708. The summed E-state index contributed by atoms with van der Waals surface area (Å²) < 4.78 is 17.0. The van der Waals surface area contributed by atoms with Crippen LogP contribution >= 0.6 is 0 Å². The van der Waals surface area contributed by atoms with Crippen LogP contribution in [0.25, 0.3) is 5.76 Å². The molecule has 0 spiro atoms. The van der Waals surface area contributed by atoms with Crippen molar-refractivity contribution in [2.75, 3.05) is 52.6 Å². The third kappa shape index (κ3) is 7.19. The lowest BCUT2D eigenvalue weighted by Gasteiger charge is -2.31. The normalized spacial score (nSPS) is 19.4. The van der Waals surface area contributed by atoms with E-state index in [9.17, 15) is 14.7 Å². The summed E-state index contributed by atoms with van der Waals surface area (Å²) >= 11 is 0. The topological polar surface area (TPSA) is 88.5 Å². The number of carbonyl (C=O) groups excluding carboxylic acids is 2. The van der Waals surface area contributed by atoms with Crippen molar-refractivity contribution in [1.82, 2.24) is 9.80 Å². The van der Waals surface area contributed by atoms with E-state index in [1.807, 2.05) is 37.3 Å². The third-order valence-electron chi connectivity index (χ3n) is 7.09. The Balaban J connectivity index is 1.65. The molecule has 8 nitrogen and oxygen atoms in total. The molecule has 0 radical (unpaired) electrons. The first-order valence-corrected chi connectivity index (χ1v) is 14.1. The lowest BCUT2D eigenvalue weighted by Crippen LogP contribution is -2.42. The van der Waals surface area contributed by atoms with Crippen LogP contribution in [-0.4, -0.2) is 79.2 Å². The molecule has 2 heterocycles. The number of likely N-dealkylation sites (tertiary alicyclic amines) is 1. The summed E-state index contributed by atoms with van der Waals surface area (Å²) in [7, 11) is 0. The molecule has 2 aromatic rings. The van der Waals surface area contributed by atoms with Gasteiger partial charge in [0.1, 0.15) is 17.3 Å².